The van der Waals surface area contributed by atoms with Gasteiger partial charge < -0.3 is 45.5 Å². The standard InChI is InChI=1S/C21H23N5O3.C18H16N4O4.C17H16N4O3/c1-14-2-4-15(5-3-14)10-24-21(28)16-11-22-17-12-23-18(25-19(17)20(16)27)13-26-6-8-29-9-7-26;1-10-3-5-11(6-4-10)7-21-17(24)12-8-19-13-9-20-16(18(25)26-2)22-14(13)15(12)23;1-10-2-4-11(5-3-10)6-20-17(24)12-7-18-13-8-19-14(9-22)21-15(13)16(12)23/h2-5,11-12H,6-10,13H2,1H3,(H,22,27)(H,24,28);3-6,8-9H,7H2,1-2H3,(H,19,23)(H,21,24);2-5,7-8,22H,6,9H2,1H3,(H,18,23)(H,20,24). The van der Waals surface area contributed by atoms with Crippen molar-refractivity contribution in [3.05, 3.63) is 208 Å². The van der Waals surface area contributed by atoms with E-state index in [2.05, 4.69) is 70.4 Å². The van der Waals surface area contributed by atoms with Crippen LogP contribution in [0.5, 0.6) is 0 Å². The molecular formula is C56H55N13O10. The van der Waals surface area contributed by atoms with Crippen molar-refractivity contribution >= 4 is 56.8 Å². The highest BCUT2D eigenvalue weighted by Gasteiger charge is 2.20. The summed E-state index contributed by atoms with van der Waals surface area (Å²) in [5.74, 6) is -1.77. The number of hydrogen-bond acceptors (Lipinski definition) is 17. The molecule has 0 radical (unpaired) electrons. The second-order valence-corrected chi connectivity index (χ2v) is 18.2. The molecule has 0 bridgehead atoms. The maximum absolute atomic E-state index is 12.9. The van der Waals surface area contributed by atoms with Crippen molar-refractivity contribution in [1.29, 1.82) is 0 Å². The first-order chi connectivity index (χ1) is 38.2. The van der Waals surface area contributed by atoms with E-state index in [0.29, 0.717) is 55.2 Å². The Kier molecular flexibility index (Phi) is 18.2. The Hall–Kier alpha value is -9.71. The molecule has 1 aliphatic heterocycles. The Morgan fingerprint density at radius 3 is 1.32 bits per heavy atom. The summed E-state index contributed by atoms with van der Waals surface area (Å²) in [6, 6.07) is 23.3. The highest BCUT2D eigenvalue weighted by molar-refractivity contribution is 5.98. The molecule has 0 saturated carbocycles. The van der Waals surface area contributed by atoms with Crippen LogP contribution in [0.1, 0.15) is 86.7 Å². The molecule has 0 aliphatic carbocycles. The number of aryl methyl sites for hydroxylation is 3. The highest BCUT2D eigenvalue weighted by Crippen LogP contribution is 2.12. The lowest BCUT2D eigenvalue weighted by atomic mass is 10.1. The Bertz CT molecular complexity index is 3860. The average molecular weight is 1070 g/mol. The summed E-state index contributed by atoms with van der Waals surface area (Å²) in [4.78, 5) is 122. The zero-order valence-corrected chi connectivity index (χ0v) is 43.5. The molecule has 0 spiro atoms. The van der Waals surface area contributed by atoms with Crippen LogP contribution in [-0.4, -0.2) is 112 Å². The van der Waals surface area contributed by atoms with Gasteiger partial charge in [-0.15, -0.1) is 0 Å². The normalized spacial score (nSPS) is 12.2. The number of aromatic amines is 3. The number of amides is 3. The first kappa shape index (κ1) is 55.5. The number of hydrogen-bond donors (Lipinski definition) is 7. The Balaban J connectivity index is 0.000000157. The van der Waals surface area contributed by atoms with Crippen LogP contribution in [0.3, 0.4) is 0 Å². The molecule has 7 N–H and O–H groups in total. The van der Waals surface area contributed by atoms with Crippen molar-refractivity contribution in [2.45, 2.75) is 53.6 Å². The summed E-state index contributed by atoms with van der Waals surface area (Å²) in [6.45, 7) is 10.1. The smallest absolute Gasteiger partial charge is 0.376 e. The molecule has 9 aromatic rings. The van der Waals surface area contributed by atoms with Crippen molar-refractivity contribution < 1.29 is 33.8 Å². The number of carbonyl (C=O) groups excluding carboxylic acids is 4. The predicted octanol–water partition coefficient (Wildman–Crippen LogP) is 3.78. The number of morpholine rings is 1. The number of ether oxygens (including phenoxy) is 2. The van der Waals surface area contributed by atoms with E-state index < -0.39 is 40.0 Å². The van der Waals surface area contributed by atoms with Crippen LogP contribution in [-0.2, 0) is 42.3 Å². The minimum Gasteiger partial charge on any atom is -0.463 e. The van der Waals surface area contributed by atoms with E-state index in [-0.39, 0.29) is 58.0 Å². The van der Waals surface area contributed by atoms with Gasteiger partial charge in [0.2, 0.25) is 22.1 Å². The summed E-state index contributed by atoms with van der Waals surface area (Å²) >= 11 is 0. The molecule has 6 aromatic heterocycles. The zero-order chi connectivity index (χ0) is 56.0. The van der Waals surface area contributed by atoms with E-state index in [1.165, 1.54) is 38.1 Å². The fourth-order valence-electron chi connectivity index (χ4n) is 7.84. The molecule has 23 heteroatoms. The van der Waals surface area contributed by atoms with Crippen molar-refractivity contribution in [2.24, 2.45) is 0 Å². The summed E-state index contributed by atoms with van der Waals surface area (Å²) in [7, 11) is 1.19. The number of rotatable bonds is 13. The Morgan fingerprint density at radius 1 is 0.557 bits per heavy atom. The van der Waals surface area contributed by atoms with Gasteiger partial charge in [-0.2, -0.15) is 0 Å². The summed E-state index contributed by atoms with van der Waals surface area (Å²) in [5, 5.41) is 17.3. The number of esters is 1. The largest absolute Gasteiger partial charge is 0.463 e. The third-order valence-corrected chi connectivity index (χ3v) is 12.4. The van der Waals surface area contributed by atoms with Gasteiger partial charge in [0.1, 0.15) is 45.7 Å². The molecule has 7 heterocycles. The monoisotopic (exact) mass is 1070 g/mol. The molecule has 0 unspecified atom stereocenters. The van der Waals surface area contributed by atoms with Crippen LogP contribution in [0.25, 0.3) is 33.1 Å². The van der Waals surface area contributed by atoms with Crippen molar-refractivity contribution in [1.82, 2.24) is 65.7 Å². The van der Waals surface area contributed by atoms with Crippen molar-refractivity contribution in [2.75, 3.05) is 33.4 Å². The number of nitrogens with zero attached hydrogens (tertiary/aromatic N) is 7. The van der Waals surface area contributed by atoms with Gasteiger partial charge >= 0.3 is 5.97 Å². The number of methoxy groups -OCH3 is 1. The maximum atomic E-state index is 12.9. The summed E-state index contributed by atoms with van der Waals surface area (Å²) in [6.07, 6.45) is 8.36. The van der Waals surface area contributed by atoms with Gasteiger partial charge in [-0.25, -0.2) is 34.7 Å². The number of fused-ring (bicyclic) bond motifs is 3. The Labute approximate surface area is 450 Å². The molecular weight excluding hydrogens is 1010 g/mol. The molecule has 10 rings (SSSR count). The number of aliphatic hydroxyl groups excluding tert-OH is 1. The quantitative estimate of drug-likeness (QED) is 0.0808. The second kappa shape index (κ2) is 25.9. The van der Waals surface area contributed by atoms with Crippen molar-refractivity contribution in [3.63, 3.8) is 0 Å². The molecule has 23 nitrogen and oxygen atoms in total. The first-order valence-corrected chi connectivity index (χ1v) is 24.8. The average Bonchev–Trinajstić information content (AvgIpc) is 3.50. The number of benzene rings is 3. The molecule has 3 amide bonds. The number of carbonyl (C=O) groups is 4. The predicted molar refractivity (Wildman–Crippen MR) is 291 cm³/mol. The van der Waals surface area contributed by atoms with Crippen LogP contribution in [0, 0.1) is 20.8 Å². The van der Waals surface area contributed by atoms with Crippen LogP contribution in [0.4, 0.5) is 0 Å². The van der Waals surface area contributed by atoms with Gasteiger partial charge in [-0.05, 0) is 37.5 Å². The van der Waals surface area contributed by atoms with E-state index in [9.17, 15) is 33.6 Å². The Morgan fingerprint density at radius 2 is 0.924 bits per heavy atom. The molecule has 1 fully saturated rings. The summed E-state index contributed by atoms with van der Waals surface area (Å²) in [5.41, 5.74) is 6.15. The maximum Gasteiger partial charge on any atom is 0.376 e. The van der Waals surface area contributed by atoms with E-state index in [0.717, 1.165) is 46.5 Å². The number of nitrogens with one attached hydrogen (secondary N) is 6. The van der Waals surface area contributed by atoms with Crippen LogP contribution in [0.15, 0.2) is 124 Å². The van der Waals surface area contributed by atoms with Crippen LogP contribution < -0.4 is 32.2 Å². The van der Waals surface area contributed by atoms with E-state index in [1.807, 2.05) is 93.6 Å². The van der Waals surface area contributed by atoms with Gasteiger partial charge in [0.15, 0.2) is 5.82 Å². The fourth-order valence-corrected chi connectivity index (χ4v) is 7.84. The van der Waals surface area contributed by atoms with Crippen molar-refractivity contribution in [3.8, 4) is 0 Å². The molecule has 3 aromatic carbocycles. The molecule has 1 aliphatic rings. The molecule has 79 heavy (non-hydrogen) atoms. The second-order valence-electron chi connectivity index (χ2n) is 18.2. The van der Waals surface area contributed by atoms with Gasteiger partial charge in [0.25, 0.3) is 17.7 Å². The van der Waals surface area contributed by atoms with Gasteiger partial charge in [0, 0.05) is 51.3 Å². The van der Waals surface area contributed by atoms with Gasteiger partial charge in [0.05, 0.1) is 62.0 Å². The van der Waals surface area contributed by atoms with E-state index in [4.69, 9.17) is 9.84 Å². The van der Waals surface area contributed by atoms with Gasteiger partial charge in [-0.1, -0.05) is 89.5 Å². The zero-order valence-electron chi connectivity index (χ0n) is 43.5. The number of aromatic nitrogens is 9. The minimum absolute atomic E-state index is 0.0304. The third kappa shape index (κ3) is 14.2. The summed E-state index contributed by atoms with van der Waals surface area (Å²) < 4.78 is 9.89. The van der Waals surface area contributed by atoms with Crippen LogP contribution >= 0.6 is 0 Å². The SMILES string of the molecule is COC(=O)c1ncc2[nH]cc(C(=O)NCc3ccc(C)cc3)c(=O)c2n1.Cc1ccc(CNC(=O)c2c[nH]c3cnc(CN4CCOCC4)nc3c2=O)cc1.Cc1ccc(CNC(=O)c2c[nH]c3cnc(CO)nc3c2=O)cc1. The molecule has 0 atom stereocenters. The molecule has 404 valence electrons. The van der Waals surface area contributed by atoms with E-state index in [1.54, 1.807) is 6.20 Å². The molecule has 1 saturated heterocycles. The van der Waals surface area contributed by atoms with Crippen LogP contribution in [0.2, 0.25) is 0 Å². The lowest BCUT2D eigenvalue weighted by Crippen LogP contribution is -2.36. The van der Waals surface area contributed by atoms with Gasteiger partial charge in [-0.3, -0.25) is 33.7 Å². The van der Waals surface area contributed by atoms with E-state index >= 15 is 0 Å². The first-order valence-electron chi connectivity index (χ1n) is 24.8. The lowest BCUT2D eigenvalue weighted by Gasteiger charge is -2.25. The number of pyridine rings is 3. The lowest BCUT2D eigenvalue weighted by molar-refractivity contribution is 0.0331. The number of H-pyrrole nitrogens is 3. The fraction of sp³-hybridized carbons (Fsp3) is 0.232. The minimum atomic E-state index is -0.763. The highest BCUT2D eigenvalue weighted by atomic mass is 16.5. The number of aliphatic hydroxyl groups is 1. The topological polar surface area (TPSA) is 322 Å². The third-order valence-electron chi connectivity index (χ3n) is 12.4.